The van der Waals surface area contributed by atoms with Gasteiger partial charge in [0.1, 0.15) is 0 Å². The van der Waals surface area contributed by atoms with Crippen molar-refractivity contribution >= 4 is 11.1 Å². The van der Waals surface area contributed by atoms with Crippen LogP contribution in [0.4, 0.5) is 0 Å². The van der Waals surface area contributed by atoms with E-state index in [0.29, 0.717) is 17.5 Å². The zero-order valence-corrected chi connectivity index (χ0v) is 15.5. The van der Waals surface area contributed by atoms with Crippen LogP contribution in [0.1, 0.15) is 55.8 Å². The highest BCUT2D eigenvalue weighted by atomic mass is 16.4. The van der Waals surface area contributed by atoms with Crippen molar-refractivity contribution in [1.29, 1.82) is 0 Å². The van der Waals surface area contributed by atoms with Gasteiger partial charge in [0, 0.05) is 12.1 Å². The maximum absolute atomic E-state index is 11.3. The third-order valence-corrected chi connectivity index (χ3v) is 5.76. The highest BCUT2D eigenvalue weighted by Gasteiger charge is 2.26. The van der Waals surface area contributed by atoms with Crippen molar-refractivity contribution in [2.75, 3.05) is 0 Å². The van der Waals surface area contributed by atoms with E-state index in [2.05, 4.69) is 16.4 Å². The minimum absolute atomic E-state index is 0.0134. The van der Waals surface area contributed by atoms with Crippen LogP contribution in [-0.4, -0.2) is 22.2 Å². The summed E-state index contributed by atoms with van der Waals surface area (Å²) in [5.74, 6) is 0.0861. The predicted molar refractivity (Wildman–Crippen MR) is 106 cm³/mol. The molecule has 2 atom stereocenters. The van der Waals surface area contributed by atoms with Crippen LogP contribution in [0.2, 0.25) is 0 Å². The Hall–Kier alpha value is -2.37. The molecule has 142 valence electrons. The summed E-state index contributed by atoms with van der Waals surface area (Å²) >= 11 is 0. The van der Waals surface area contributed by atoms with E-state index in [0.717, 1.165) is 36.8 Å². The third-order valence-electron chi connectivity index (χ3n) is 5.76. The van der Waals surface area contributed by atoms with Crippen LogP contribution in [0.3, 0.4) is 0 Å². The molecule has 0 amide bonds. The van der Waals surface area contributed by atoms with Gasteiger partial charge in [-0.05, 0) is 61.8 Å². The topological polar surface area (TPSA) is 78.3 Å². The lowest BCUT2D eigenvalue weighted by Crippen LogP contribution is -2.41. The van der Waals surface area contributed by atoms with Gasteiger partial charge in [0.25, 0.3) is 0 Å². The minimum Gasteiger partial charge on any atom is -0.408 e. The van der Waals surface area contributed by atoms with Crippen molar-refractivity contribution in [1.82, 2.24) is 10.3 Å². The summed E-state index contributed by atoms with van der Waals surface area (Å²) in [6.45, 7) is 2.05. The molecule has 0 saturated heterocycles. The molecule has 1 saturated carbocycles. The Kier molecular flexibility index (Phi) is 5.14. The lowest BCUT2D eigenvalue weighted by atomic mass is 9.81. The molecule has 1 aliphatic rings. The number of hydrogen-bond donors (Lipinski definition) is 3. The fourth-order valence-corrected chi connectivity index (χ4v) is 4.21. The fourth-order valence-electron chi connectivity index (χ4n) is 4.21. The number of rotatable bonds is 5. The Bertz CT molecular complexity index is 939. The number of aliphatic hydroxyl groups is 1. The molecule has 0 radical (unpaired) electrons. The average molecular weight is 366 g/mol. The van der Waals surface area contributed by atoms with Gasteiger partial charge in [-0.1, -0.05) is 36.4 Å². The number of aromatic nitrogens is 1. The SMILES string of the molecule is C[C@H](NC1CCC(c2ccc3[nH]c(=O)oc3c2)CC1)[C@@H](O)c1ccccc1. The Balaban J connectivity index is 1.34. The first-order valence-corrected chi connectivity index (χ1v) is 9.72. The van der Waals surface area contributed by atoms with Crippen molar-refractivity contribution in [2.45, 2.75) is 56.7 Å². The molecule has 2 aromatic carbocycles. The summed E-state index contributed by atoms with van der Waals surface area (Å²) in [5, 5.41) is 14.2. The Morgan fingerprint density at radius 1 is 1.11 bits per heavy atom. The van der Waals surface area contributed by atoms with Gasteiger partial charge in [0.15, 0.2) is 5.58 Å². The first kappa shape index (κ1) is 18.0. The molecule has 0 spiro atoms. The Labute approximate surface area is 158 Å². The van der Waals surface area contributed by atoms with Crippen LogP contribution in [0.5, 0.6) is 0 Å². The molecule has 5 nitrogen and oxygen atoms in total. The third kappa shape index (κ3) is 3.99. The number of nitrogens with one attached hydrogen (secondary N) is 2. The van der Waals surface area contributed by atoms with Crippen LogP contribution in [-0.2, 0) is 0 Å². The van der Waals surface area contributed by atoms with Crippen molar-refractivity contribution in [3.63, 3.8) is 0 Å². The van der Waals surface area contributed by atoms with Crippen LogP contribution < -0.4 is 11.1 Å². The summed E-state index contributed by atoms with van der Waals surface area (Å²) in [7, 11) is 0. The van der Waals surface area contributed by atoms with Gasteiger partial charge in [-0.25, -0.2) is 4.79 Å². The number of H-pyrrole nitrogens is 1. The largest absolute Gasteiger partial charge is 0.417 e. The highest BCUT2D eigenvalue weighted by molar-refractivity contribution is 5.72. The Morgan fingerprint density at radius 2 is 1.85 bits per heavy atom. The summed E-state index contributed by atoms with van der Waals surface area (Å²) in [6.07, 6.45) is 3.83. The number of fused-ring (bicyclic) bond motifs is 1. The molecule has 3 aromatic rings. The van der Waals surface area contributed by atoms with E-state index in [9.17, 15) is 9.90 Å². The summed E-state index contributed by atoms with van der Waals surface area (Å²) in [6, 6.07) is 16.3. The smallest absolute Gasteiger partial charge is 0.408 e. The highest BCUT2D eigenvalue weighted by Crippen LogP contribution is 2.34. The first-order chi connectivity index (χ1) is 13.1. The van der Waals surface area contributed by atoms with Crippen molar-refractivity contribution in [3.8, 4) is 0 Å². The summed E-state index contributed by atoms with van der Waals surface area (Å²) < 4.78 is 5.19. The van der Waals surface area contributed by atoms with Crippen molar-refractivity contribution in [2.24, 2.45) is 0 Å². The predicted octanol–water partition coefficient (Wildman–Crippen LogP) is 3.86. The number of hydrogen-bond acceptors (Lipinski definition) is 4. The molecule has 27 heavy (non-hydrogen) atoms. The maximum atomic E-state index is 11.3. The molecule has 1 aliphatic carbocycles. The molecule has 0 unspecified atom stereocenters. The van der Waals surface area contributed by atoms with E-state index in [1.54, 1.807) is 0 Å². The second-order valence-corrected chi connectivity index (χ2v) is 7.63. The molecule has 5 heteroatoms. The zero-order valence-electron chi connectivity index (χ0n) is 15.5. The summed E-state index contributed by atoms with van der Waals surface area (Å²) in [5.41, 5.74) is 3.58. The normalized spacial score (nSPS) is 22.6. The van der Waals surface area contributed by atoms with E-state index in [1.807, 2.05) is 49.4 Å². The Morgan fingerprint density at radius 3 is 2.59 bits per heavy atom. The first-order valence-electron chi connectivity index (χ1n) is 9.72. The van der Waals surface area contributed by atoms with E-state index in [1.165, 1.54) is 5.56 Å². The van der Waals surface area contributed by atoms with E-state index in [-0.39, 0.29) is 6.04 Å². The van der Waals surface area contributed by atoms with Crippen LogP contribution in [0, 0.1) is 0 Å². The average Bonchev–Trinajstić information content (AvgIpc) is 3.07. The molecule has 1 fully saturated rings. The monoisotopic (exact) mass is 366 g/mol. The number of aliphatic hydroxyl groups excluding tert-OH is 1. The van der Waals surface area contributed by atoms with Gasteiger partial charge in [-0.3, -0.25) is 4.98 Å². The molecule has 1 heterocycles. The number of aromatic amines is 1. The fraction of sp³-hybridized carbons (Fsp3) is 0.409. The maximum Gasteiger partial charge on any atom is 0.417 e. The summed E-state index contributed by atoms with van der Waals surface area (Å²) in [4.78, 5) is 14.0. The molecule has 0 aliphatic heterocycles. The number of benzene rings is 2. The second kappa shape index (κ2) is 7.71. The minimum atomic E-state index is -0.497. The van der Waals surface area contributed by atoms with E-state index < -0.39 is 11.9 Å². The second-order valence-electron chi connectivity index (χ2n) is 7.63. The van der Waals surface area contributed by atoms with E-state index in [4.69, 9.17) is 4.42 Å². The van der Waals surface area contributed by atoms with Crippen LogP contribution in [0.25, 0.3) is 11.1 Å². The van der Waals surface area contributed by atoms with Gasteiger partial charge in [0.2, 0.25) is 0 Å². The lowest BCUT2D eigenvalue weighted by Gasteiger charge is -2.33. The molecule has 1 aromatic heterocycles. The molecule has 3 N–H and O–H groups in total. The van der Waals surface area contributed by atoms with Crippen molar-refractivity contribution in [3.05, 3.63) is 70.2 Å². The standard InChI is InChI=1S/C22H26N2O3/c1-14(21(25)16-5-3-2-4-6-16)23-18-10-7-15(8-11-18)17-9-12-19-20(13-17)27-22(26)24-19/h2-6,9,12-15,18,21,23,25H,7-8,10-11H2,1H3,(H,24,26)/t14-,15?,18?,21+/m0/s1. The quantitative estimate of drug-likeness (QED) is 0.641. The van der Waals surface area contributed by atoms with Crippen LogP contribution >= 0.6 is 0 Å². The van der Waals surface area contributed by atoms with Gasteiger partial charge >= 0.3 is 5.76 Å². The molecular formula is C22H26N2O3. The van der Waals surface area contributed by atoms with E-state index >= 15 is 0 Å². The zero-order chi connectivity index (χ0) is 18.8. The van der Waals surface area contributed by atoms with Gasteiger partial charge in [-0.15, -0.1) is 0 Å². The molecule has 4 rings (SSSR count). The van der Waals surface area contributed by atoms with Gasteiger partial charge in [-0.2, -0.15) is 0 Å². The molecule has 0 bridgehead atoms. The van der Waals surface area contributed by atoms with Gasteiger partial charge in [0.05, 0.1) is 11.6 Å². The van der Waals surface area contributed by atoms with Crippen LogP contribution in [0.15, 0.2) is 57.7 Å². The van der Waals surface area contributed by atoms with Gasteiger partial charge < -0.3 is 14.8 Å². The molecular weight excluding hydrogens is 340 g/mol. The van der Waals surface area contributed by atoms with Crippen molar-refractivity contribution < 1.29 is 9.52 Å². The lowest BCUT2D eigenvalue weighted by molar-refractivity contribution is 0.124. The number of oxazole rings is 1.